The maximum absolute atomic E-state index is 6.05. The number of aromatic nitrogens is 2. The molecule has 0 spiro atoms. The first-order valence-electron chi connectivity index (χ1n) is 4.83. The van der Waals surface area contributed by atoms with Crippen molar-refractivity contribution in [2.75, 3.05) is 0 Å². The van der Waals surface area contributed by atoms with Gasteiger partial charge in [-0.1, -0.05) is 35.3 Å². The van der Waals surface area contributed by atoms with Gasteiger partial charge in [-0.15, -0.1) is 0 Å². The third kappa shape index (κ3) is 3.40. The van der Waals surface area contributed by atoms with E-state index in [2.05, 4.69) is 9.97 Å². The Labute approximate surface area is 114 Å². The van der Waals surface area contributed by atoms with Crippen molar-refractivity contribution >= 4 is 47.6 Å². The van der Waals surface area contributed by atoms with Crippen molar-refractivity contribution in [3.05, 3.63) is 56.5 Å². The van der Waals surface area contributed by atoms with E-state index >= 15 is 0 Å². The minimum Gasteiger partial charge on any atom is -0.331 e. The van der Waals surface area contributed by atoms with Crippen LogP contribution in [0, 0.1) is 4.77 Å². The molecule has 0 saturated heterocycles. The summed E-state index contributed by atoms with van der Waals surface area (Å²) in [5, 5.41) is 1.23. The molecule has 0 amide bonds. The maximum Gasteiger partial charge on any atom is 0.197 e. The average Bonchev–Trinajstić information content (AvgIpc) is 2.28. The molecule has 0 unspecified atom stereocenters. The van der Waals surface area contributed by atoms with Crippen molar-refractivity contribution in [1.29, 1.82) is 0 Å². The summed E-state index contributed by atoms with van der Waals surface area (Å²) in [5.41, 5.74) is 1.77. The third-order valence-corrected chi connectivity index (χ3v) is 2.87. The van der Waals surface area contributed by atoms with Crippen LogP contribution in [0.15, 0.2) is 30.5 Å². The van der Waals surface area contributed by atoms with Crippen LogP contribution in [0.3, 0.4) is 0 Å². The molecule has 5 heteroatoms. The lowest BCUT2D eigenvalue weighted by Gasteiger charge is -1.98. The first-order valence-corrected chi connectivity index (χ1v) is 6.00. The van der Waals surface area contributed by atoms with Crippen LogP contribution < -0.4 is 0 Å². The number of aromatic amines is 1. The topological polar surface area (TPSA) is 28.7 Å². The Bertz CT molecular complexity index is 620. The van der Waals surface area contributed by atoms with Gasteiger partial charge in [-0.3, -0.25) is 0 Å². The Morgan fingerprint density at radius 3 is 2.71 bits per heavy atom. The van der Waals surface area contributed by atoms with E-state index in [0.717, 1.165) is 11.3 Å². The minimum atomic E-state index is 0.453. The average molecular weight is 283 g/mol. The Balaban J connectivity index is 2.29. The standard InChI is InChI=1S/C12H8Cl2N2S/c13-9-3-1-8(11(14)7-9)2-4-10-5-6-15-12(17)16-10/h1-7H,(H,15,16,17). The zero-order chi connectivity index (χ0) is 12.3. The Morgan fingerprint density at radius 1 is 1.18 bits per heavy atom. The highest BCUT2D eigenvalue weighted by Gasteiger charge is 1.97. The van der Waals surface area contributed by atoms with Crippen LogP contribution >= 0.6 is 35.4 Å². The third-order valence-electron chi connectivity index (χ3n) is 2.10. The highest BCUT2D eigenvalue weighted by Crippen LogP contribution is 2.22. The molecule has 86 valence electrons. The molecule has 0 saturated carbocycles. The number of benzene rings is 1. The predicted molar refractivity (Wildman–Crippen MR) is 74.8 cm³/mol. The fraction of sp³-hybridized carbons (Fsp3) is 0. The summed E-state index contributed by atoms with van der Waals surface area (Å²) in [6.07, 6.45) is 5.42. The second-order valence-electron chi connectivity index (χ2n) is 3.33. The van der Waals surface area contributed by atoms with E-state index in [9.17, 15) is 0 Å². The van der Waals surface area contributed by atoms with Crippen molar-refractivity contribution in [1.82, 2.24) is 9.97 Å². The summed E-state index contributed by atoms with van der Waals surface area (Å²) in [6, 6.07) is 7.19. The normalized spacial score (nSPS) is 10.9. The van der Waals surface area contributed by atoms with Crippen LogP contribution in [0.4, 0.5) is 0 Å². The molecule has 1 N–H and O–H groups in total. The zero-order valence-electron chi connectivity index (χ0n) is 8.65. The largest absolute Gasteiger partial charge is 0.331 e. The zero-order valence-corrected chi connectivity index (χ0v) is 11.0. The van der Waals surface area contributed by atoms with Gasteiger partial charge in [0.15, 0.2) is 4.77 Å². The van der Waals surface area contributed by atoms with Crippen LogP contribution in [0.2, 0.25) is 10.0 Å². The number of nitrogens with zero attached hydrogens (tertiary/aromatic N) is 1. The van der Waals surface area contributed by atoms with Crippen LogP contribution in [0.1, 0.15) is 11.3 Å². The number of hydrogen-bond donors (Lipinski definition) is 1. The van der Waals surface area contributed by atoms with Gasteiger partial charge in [0, 0.05) is 21.9 Å². The van der Waals surface area contributed by atoms with Crippen LogP contribution in [0.25, 0.3) is 12.2 Å². The number of nitrogens with one attached hydrogen (secondary N) is 1. The maximum atomic E-state index is 6.05. The molecule has 0 fully saturated rings. The van der Waals surface area contributed by atoms with Gasteiger partial charge in [-0.2, -0.15) is 0 Å². The molecule has 0 bridgehead atoms. The molecular weight excluding hydrogens is 275 g/mol. The first kappa shape index (κ1) is 12.3. The van der Waals surface area contributed by atoms with Gasteiger partial charge < -0.3 is 4.98 Å². The molecule has 1 aromatic carbocycles. The molecule has 1 heterocycles. The monoisotopic (exact) mass is 282 g/mol. The Kier molecular flexibility index (Phi) is 3.94. The molecule has 2 aromatic rings. The lowest BCUT2D eigenvalue weighted by atomic mass is 10.2. The van der Waals surface area contributed by atoms with Crippen LogP contribution in [-0.2, 0) is 0 Å². The van der Waals surface area contributed by atoms with E-state index in [4.69, 9.17) is 35.4 Å². The minimum absolute atomic E-state index is 0.453. The van der Waals surface area contributed by atoms with Gasteiger partial charge >= 0.3 is 0 Å². The Morgan fingerprint density at radius 2 is 2.00 bits per heavy atom. The van der Waals surface area contributed by atoms with Gasteiger partial charge in [-0.25, -0.2) is 4.98 Å². The van der Waals surface area contributed by atoms with Crippen molar-refractivity contribution < 1.29 is 0 Å². The predicted octanol–water partition coefficient (Wildman–Crippen LogP) is 4.62. The Hall–Kier alpha value is -1.16. The summed E-state index contributed by atoms with van der Waals surface area (Å²) in [6.45, 7) is 0. The summed E-state index contributed by atoms with van der Waals surface area (Å²) < 4.78 is 0.453. The van der Waals surface area contributed by atoms with Crippen LogP contribution in [0.5, 0.6) is 0 Å². The lowest BCUT2D eigenvalue weighted by molar-refractivity contribution is 1.12. The van der Waals surface area contributed by atoms with E-state index in [-0.39, 0.29) is 0 Å². The molecule has 2 rings (SSSR count). The molecule has 17 heavy (non-hydrogen) atoms. The lowest BCUT2D eigenvalue weighted by Crippen LogP contribution is -1.83. The van der Waals surface area contributed by atoms with E-state index in [0.29, 0.717) is 14.8 Å². The smallest absolute Gasteiger partial charge is 0.197 e. The SMILES string of the molecule is S=c1nccc(C=Cc2ccc(Cl)cc2Cl)[nH]1. The first-order chi connectivity index (χ1) is 8.15. The molecule has 0 radical (unpaired) electrons. The van der Waals surface area contributed by atoms with Gasteiger partial charge in [0.25, 0.3) is 0 Å². The number of hydrogen-bond acceptors (Lipinski definition) is 2. The summed E-state index contributed by atoms with van der Waals surface area (Å²) in [5.74, 6) is 0. The number of rotatable bonds is 2. The van der Waals surface area contributed by atoms with E-state index in [1.807, 2.05) is 24.3 Å². The van der Waals surface area contributed by atoms with Gasteiger partial charge in [-0.05, 0) is 42.1 Å². The van der Waals surface area contributed by atoms with E-state index < -0.39 is 0 Å². The van der Waals surface area contributed by atoms with Crippen molar-refractivity contribution in [3.8, 4) is 0 Å². The van der Waals surface area contributed by atoms with Crippen LogP contribution in [-0.4, -0.2) is 9.97 Å². The fourth-order valence-corrected chi connectivity index (χ4v) is 1.95. The highest BCUT2D eigenvalue weighted by molar-refractivity contribution is 7.71. The second-order valence-corrected chi connectivity index (χ2v) is 4.56. The van der Waals surface area contributed by atoms with Gasteiger partial charge in [0.1, 0.15) is 0 Å². The van der Waals surface area contributed by atoms with Gasteiger partial charge in [0.2, 0.25) is 0 Å². The molecule has 0 aliphatic rings. The molecule has 0 aliphatic heterocycles. The molecule has 2 nitrogen and oxygen atoms in total. The summed E-state index contributed by atoms with van der Waals surface area (Å²) >= 11 is 16.8. The number of H-pyrrole nitrogens is 1. The van der Waals surface area contributed by atoms with Crippen molar-refractivity contribution in [2.24, 2.45) is 0 Å². The molecule has 0 atom stereocenters. The fourth-order valence-electron chi connectivity index (χ4n) is 1.30. The van der Waals surface area contributed by atoms with E-state index in [1.165, 1.54) is 0 Å². The highest BCUT2D eigenvalue weighted by atomic mass is 35.5. The summed E-state index contributed by atoms with van der Waals surface area (Å²) in [4.78, 5) is 6.86. The van der Waals surface area contributed by atoms with E-state index in [1.54, 1.807) is 18.3 Å². The summed E-state index contributed by atoms with van der Waals surface area (Å²) in [7, 11) is 0. The quantitative estimate of drug-likeness (QED) is 0.815. The van der Waals surface area contributed by atoms with Gasteiger partial charge in [0.05, 0.1) is 0 Å². The van der Waals surface area contributed by atoms with Crippen molar-refractivity contribution in [2.45, 2.75) is 0 Å². The van der Waals surface area contributed by atoms with Crippen molar-refractivity contribution in [3.63, 3.8) is 0 Å². The molecule has 1 aromatic heterocycles. The second kappa shape index (κ2) is 5.45. The molecule has 0 aliphatic carbocycles. The molecular formula is C12H8Cl2N2S. The number of halogens is 2.